The third kappa shape index (κ3) is 6.05. The molecule has 1 amide bonds. The number of halogens is 3. The maximum atomic E-state index is 12.8. The van der Waals surface area contributed by atoms with E-state index in [9.17, 15) is 18.0 Å². The van der Waals surface area contributed by atoms with Gasteiger partial charge in [0.05, 0.1) is 23.0 Å². The Morgan fingerprint density at radius 3 is 2.31 bits per heavy atom. The predicted octanol–water partition coefficient (Wildman–Crippen LogP) is 5.35. The number of nitrogens with zero attached hydrogens (tertiary/aromatic N) is 3. The van der Waals surface area contributed by atoms with Crippen LogP contribution in [0.4, 0.5) is 13.2 Å². The minimum Gasteiger partial charge on any atom is -0.349 e. The van der Waals surface area contributed by atoms with E-state index in [1.807, 2.05) is 20.8 Å². The topological polar surface area (TPSA) is 59.8 Å². The molecule has 8 heteroatoms. The van der Waals surface area contributed by atoms with Crippen molar-refractivity contribution in [3.05, 3.63) is 41.3 Å². The van der Waals surface area contributed by atoms with Crippen molar-refractivity contribution < 1.29 is 18.0 Å². The highest BCUT2D eigenvalue weighted by Gasteiger charge is 2.31. The van der Waals surface area contributed by atoms with Gasteiger partial charge < -0.3 is 5.32 Å². The molecule has 0 aliphatic rings. The van der Waals surface area contributed by atoms with Gasteiger partial charge in [-0.3, -0.25) is 4.79 Å². The fourth-order valence-electron chi connectivity index (χ4n) is 3.16. The minimum absolute atomic E-state index is 0.0220. The Morgan fingerprint density at radius 1 is 1.10 bits per heavy atom. The van der Waals surface area contributed by atoms with Crippen LogP contribution in [0.5, 0.6) is 0 Å². The number of amides is 1. The summed E-state index contributed by atoms with van der Waals surface area (Å²) in [5, 5.41) is 7.22. The summed E-state index contributed by atoms with van der Waals surface area (Å²) in [6.07, 6.45) is 0.797. The second kappa shape index (κ2) is 9.41. The van der Waals surface area contributed by atoms with Crippen LogP contribution in [0.25, 0.3) is 5.82 Å². The van der Waals surface area contributed by atoms with Gasteiger partial charge in [-0.1, -0.05) is 40.5 Å². The molecule has 2 heterocycles. The first-order valence-electron chi connectivity index (χ1n) is 9.93. The van der Waals surface area contributed by atoms with Crippen LogP contribution >= 0.6 is 0 Å². The van der Waals surface area contributed by atoms with Crippen LogP contribution in [-0.4, -0.2) is 26.7 Å². The van der Waals surface area contributed by atoms with Gasteiger partial charge in [0.1, 0.15) is 0 Å². The molecule has 2 aromatic rings. The molecule has 2 rings (SSSR count). The molecular weight excluding hydrogens is 381 g/mol. The van der Waals surface area contributed by atoms with Crippen LogP contribution in [0.3, 0.4) is 0 Å². The van der Waals surface area contributed by atoms with E-state index in [2.05, 4.69) is 29.2 Å². The molecule has 0 radical (unpaired) electrons. The number of rotatable bonds is 8. The van der Waals surface area contributed by atoms with Crippen LogP contribution < -0.4 is 5.32 Å². The first-order chi connectivity index (χ1) is 13.5. The van der Waals surface area contributed by atoms with E-state index in [0.717, 1.165) is 31.5 Å². The highest BCUT2D eigenvalue weighted by Crippen LogP contribution is 2.29. The zero-order valence-electron chi connectivity index (χ0n) is 17.5. The molecule has 1 atom stereocenters. The molecule has 0 aliphatic carbocycles. The van der Waals surface area contributed by atoms with Crippen molar-refractivity contribution in [3.63, 3.8) is 0 Å². The molecule has 0 saturated carbocycles. The van der Waals surface area contributed by atoms with Crippen LogP contribution in [0.2, 0.25) is 0 Å². The third-order valence-electron chi connectivity index (χ3n) is 4.69. The quantitative estimate of drug-likeness (QED) is 0.638. The molecule has 0 fully saturated rings. The summed E-state index contributed by atoms with van der Waals surface area (Å²) in [6.45, 7) is 10.1. The van der Waals surface area contributed by atoms with Crippen LogP contribution in [0, 0.1) is 5.92 Å². The highest BCUT2D eigenvalue weighted by atomic mass is 19.4. The molecule has 2 aromatic heterocycles. The highest BCUT2D eigenvalue weighted by molar-refractivity contribution is 5.95. The molecule has 0 saturated heterocycles. The number of carbonyl (C=O) groups is 1. The lowest BCUT2D eigenvalue weighted by Crippen LogP contribution is -2.33. The Morgan fingerprint density at radius 2 is 1.79 bits per heavy atom. The van der Waals surface area contributed by atoms with Gasteiger partial charge in [0.15, 0.2) is 5.82 Å². The SMILES string of the molecule is CC(C)CCCC(C)NC(=O)c1cnn(-c2ccc(C(F)(F)F)cn2)c1C(C)C. The predicted molar refractivity (Wildman–Crippen MR) is 106 cm³/mol. The first kappa shape index (κ1) is 22.9. The lowest BCUT2D eigenvalue weighted by atomic mass is 10.0. The van der Waals surface area contributed by atoms with E-state index >= 15 is 0 Å². The second-order valence-electron chi connectivity index (χ2n) is 8.11. The molecule has 1 unspecified atom stereocenters. The van der Waals surface area contributed by atoms with E-state index in [1.165, 1.54) is 16.9 Å². The number of aromatic nitrogens is 3. The molecule has 0 aliphatic heterocycles. The summed E-state index contributed by atoms with van der Waals surface area (Å²) in [6, 6.07) is 2.25. The van der Waals surface area contributed by atoms with Gasteiger partial charge in [0.25, 0.3) is 5.91 Å². The van der Waals surface area contributed by atoms with Gasteiger partial charge in [0.2, 0.25) is 0 Å². The van der Waals surface area contributed by atoms with E-state index in [1.54, 1.807) is 0 Å². The number of hydrogen-bond donors (Lipinski definition) is 1. The molecule has 160 valence electrons. The minimum atomic E-state index is -4.45. The monoisotopic (exact) mass is 410 g/mol. The van der Waals surface area contributed by atoms with Gasteiger partial charge >= 0.3 is 6.18 Å². The lowest BCUT2D eigenvalue weighted by Gasteiger charge is -2.16. The Hall–Kier alpha value is -2.38. The fraction of sp³-hybridized carbons (Fsp3) is 0.571. The lowest BCUT2D eigenvalue weighted by molar-refractivity contribution is -0.137. The van der Waals surface area contributed by atoms with Gasteiger partial charge in [-0.2, -0.15) is 18.3 Å². The summed E-state index contributed by atoms with van der Waals surface area (Å²) in [7, 11) is 0. The Balaban J connectivity index is 2.21. The first-order valence-corrected chi connectivity index (χ1v) is 9.93. The third-order valence-corrected chi connectivity index (χ3v) is 4.69. The molecule has 29 heavy (non-hydrogen) atoms. The number of carbonyl (C=O) groups excluding carboxylic acids is 1. The number of nitrogens with one attached hydrogen (secondary N) is 1. The zero-order valence-corrected chi connectivity index (χ0v) is 17.5. The average molecular weight is 410 g/mol. The molecule has 0 aromatic carbocycles. The number of alkyl halides is 3. The van der Waals surface area contributed by atoms with E-state index in [-0.39, 0.29) is 23.7 Å². The van der Waals surface area contributed by atoms with Gasteiger partial charge in [-0.25, -0.2) is 9.67 Å². The Bertz CT molecular complexity index is 810. The maximum absolute atomic E-state index is 12.8. The van der Waals surface area contributed by atoms with Crippen molar-refractivity contribution in [2.24, 2.45) is 5.92 Å². The van der Waals surface area contributed by atoms with Crippen molar-refractivity contribution in [3.8, 4) is 5.82 Å². The molecule has 0 spiro atoms. The van der Waals surface area contributed by atoms with Crippen molar-refractivity contribution in [2.45, 2.75) is 72.0 Å². The Labute approximate surface area is 169 Å². The van der Waals surface area contributed by atoms with Gasteiger partial charge in [-0.15, -0.1) is 0 Å². The summed E-state index contributed by atoms with van der Waals surface area (Å²) < 4.78 is 39.8. The van der Waals surface area contributed by atoms with E-state index < -0.39 is 11.7 Å². The van der Waals surface area contributed by atoms with Crippen LogP contribution in [0.15, 0.2) is 24.5 Å². The van der Waals surface area contributed by atoms with Gasteiger partial charge in [0, 0.05) is 12.2 Å². The van der Waals surface area contributed by atoms with E-state index in [0.29, 0.717) is 17.2 Å². The van der Waals surface area contributed by atoms with Crippen molar-refractivity contribution >= 4 is 5.91 Å². The largest absolute Gasteiger partial charge is 0.417 e. The summed E-state index contributed by atoms with van der Waals surface area (Å²) in [5.74, 6) is 0.563. The summed E-state index contributed by atoms with van der Waals surface area (Å²) in [5.41, 5.74) is 0.203. The maximum Gasteiger partial charge on any atom is 0.417 e. The van der Waals surface area contributed by atoms with Gasteiger partial charge in [-0.05, 0) is 37.3 Å². The van der Waals surface area contributed by atoms with Crippen molar-refractivity contribution in [1.29, 1.82) is 0 Å². The molecule has 0 bridgehead atoms. The molecule has 5 nitrogen and oxygen atoms in total. The number of pyridine rings is 1. The summed E-state index contributed by atoms with van der Waals surface area (Å²) >= 11 is 0. The van der Waals surface area contributed by atoms with Crippen LogP contribution in [0.1, 0.15) is 81.4 Å². The van der Waals surface area contributed by atoms with Crippen molar-refractivity contribution in [2.75, 3.05) is 0 Å². The number of hydrogen-bond acceptors (Lipinski definition) is 3. The smallest absolute Gasteiger partial charge is 0.349 e. The zero-order chi connectivity index (χ0) is 21.8. The molecule has 1 N–H and O–H groups in total. The Kier molecular flexibility index (Phi) is 7.43. The van der Waals surface area contributed by atoms with Crippen LogP contribution in [-0.2, 0) is 6.18 Å². The van der Waals surface area contributed by atoms with Crippen molar-refractivity contribution in [1.82, 2.24) is 20.1 Å². The normalized spacial score (nSPS) is 13.2. The van der Waals surface area contributed by atoms with E-state index in [4.69, 9.17) is 0 Å². The molecular formula is C21H29F3N4O. The summed E-state index contributed by atoms with van der Waals surface area (Å²) in [4.78, 5) is 16.7. The standard InChI is InChI=1S/C21H29F3N4O/c1-13(2)7-6-8-15(5)27-20(29)17-12-26-28(19(17)14(3)4)18-10-9-16(11-25-18)21(22,23)24/h9-15H,6-8H2,1-5H3,(H,27,29). The second-order valence-corrected chi connectivity index (χ2v) is 8.11. The average Bonchev–Trinajstić information content (AvgIpc) is 3.06. The fourth-order valence-corrected chi connectivity index (χ4v) is 3.16.